The Hall–Kier alpha value is -2.82. The first-order valence-corrected chi connectivity index (χ1v) is 6.60. The maximum Gasteiger partial charge on any atom is 0.335 e. The lowest BCUT2D eigenvalue weighted by atomic mass is 10.2. The number of imidazole rings is 1. The standard InChI is InChI=1S/C16H14N2O3/c19-16(20)12-4-3-5-13(10-12)21-9-8-18-11-17-14-6-1-2-7-15(14)18/h1-7,10-11H,8-9H2,(H,19,20). The van der Waals surface area contributed by atoms with Gasteiger partial charge in [0.1, 0.15) is 12.4 Å². The predicted octanol–water partition coefficient (Wildman–Crippen LogP) is 2.81. The van der Waals surface area contributed by atoms with E-state index in [1.165, 1.54) is 6.07 Å². The van der Waals surface area contributed by atoms with E-state index < -0.39 is 5.97 Å². The van der Waals surface area contributed by atoms with E-state index in [-0.39, 0.29) is 5.56 Å². The third-order valence-electron chi connectivity index (χ3n) is 3.21. The highest BCUT2D eigenvalue weighted by atomic mass is 16.5. The smallest absolute Gasteiger partial charge is 0.335 e. The van der Waals surface area contributed by atoms with Gasteiger partial charge in [-0.2, -0.15) is 0 Å². The van der Waals surface area contributed by atoms with Crippen LogP contribution in [0.1, 0.15) is 10.4 Å². The molecule has 0 unspecified atom stereocenters. The monoisotopic (exact) mass is 282 g/mol. The van der Waals surface area contributed by atoms with Crippen molar-refractivity contribution in [3.8, 4) is 5.75 Å². The molecule has 3 aromatic rings. The van der Waals surface area contributed by atoms with Crippen molar-refractivity contribution in [1.29, 1.82) is 0 Å². The molecule has 5 heteroatoms. The van der Waals surface area contributed by atoms with Crippen molar-refractivity contribution in [2.45, 2.75) is 6.54 Å². The Morgan fingerprint density at radius 2 is 2.05 bits per heavy atom. The van der Waals surface area contributed by atoms with Crippen LogP contribution in [0.3, 0.4) is 0 Å². The zero-order valence-electron chi connectivity index (χ0n) is 11.3. The van der Waals surface area contributed by atoms with E-state index in [0.717, 1.165) is 11.0 Å². The maximum absolute atomic E-state index is 10.9. The van der Waals surface area contributed by atoms with Gasteiger partial charge in [-0.25, -0.2) is 9.78 Å². The van der Waals surface area contributed by atoms with Crippen LogP contribution in [0.5, 0.6) is 5.75 Å². The average molecular weight is 282 g/mol. The quantitative estimate of drug-likeness (QED) is 0.781. The molecule has 0 aliphatic heterocycles. The molecule has 1 N–H and O–H groups in total. The molecule has 21 heavy (non-hydrogen) atoms. The SMILES string of the molecule is O=C(O)c1cccc(OCCn2cnc3ccccc32)c1. The van der Waals surface area contributed by atoms with Crippen molar-refractivity contribution in [1.82, 2.24) is 9.55 Å². The first-order valence-electron chi connectivity index (χ1n) is 6.60. The molecule has 1 aromatic heterocycles. The van der Waals surface area contributed by atoms with E-state index in [4.69, 9.17) is 9.84 Å². The number of aromatic carboxylic acids is 1. The molecule has 0 aliphatic carbocycles. The van der Waals surface area contributed by atoms with Gasteiger partial charge in [-0.15, -0.1) is 0 Å². The first-order chi connectivity index (χ1) is 10.2. The number of hydrogen-bond acceptors (Lipinski definition) is 3. The van der Waals surface area contributed by atoms with Crippen LogP contribution in [0.15, 0.2) is 54.9 Å². The van der Waals surface area contributed by atoms with Crippen LogP contribution in [0, 0.1) is 0 Å². The largest absolute Gasteiger partial charge is 0.492 e. The molecule has 0 bridgehead atoms. The number of para-hydroxylation sites is 2. The van der Waals surface area contributed by atoms with Gasteiger partial charge in [0, 0.05) is 0 Å². The van der Waals surface area contributed by atoms with E-state index >= 15 is 0 Å². The summed E-state index contributed by atoms with van der Waals surface area (Å²) in [5, 5.41) is 8.94. The van der Waals surface area contributed by atoms with Gasteiger partial charge in [0.2, 0.25) is 0 Å². The van der Waals surface area contributed by atoms with Gasteiger partial charge in [0.25, 0.3) is 0 Å². The number of carboxylic acid groups (broad SMARTS) is 1. The van der Waals surface area contributed by atoms with Crippen molar-refractivity contribution in [3.05, 3.63) is 60.4 Å². The molecule has 0 saturated carbocycles. The van der Waals surface area contributed by atoms with Crippen molar-refractivity contribution >= 4 is 17.0 Å². The average Bonchev–Trinajstić information content (AvgIpc) is 2.91. The highest BCUT2D eigenvalue weighted by Crippen LogP contribution is 2.15. The molecule has 3 rings (SSSR count). The Morgan fingerprint density at radius 3 is 2.90 bits per heavy atom. The van der Waals surface area contributed by atoms with Gasteiger partial charge in [0.15, 0.2) is 0 Å². The molecule has 0 spiro atoms. The molecule has 0 fully saturated rings. The van der Waals surface area contributed by atoms with Gasteiger partial charge in [-0.1, -0.05) is 18.2 Å². The minimum Gasteiger partial charge on any atom is -0.492 e. The second kappa shape index (κ2) is 5.66. The Labute approximate surface area is 121 Å². The van der Waals surface area contributed by atoms with Gasteiger partial charge in [-0.3, -0.25) is 0 Å². The minimum absolute atomic E-state index is 0.223. The van der Waals surface area contributed by atoms with Crippen LogP contribution in [0.25, 0.3) is 11.0 Å². The summed E-state index contributed by atoms with van der Waals surface area (Å²) in [6.07, 6.45) is 1.78. The second-order valence-electron chi connectivity index (χ2n) is 4.61. The molecule has 2 aromatic carbocycles. The fourth-order valence-corrected chi connectivity index (χ4v) is 2.17. The maximum atomic E-state index is 10.9. The van der Waals surface area contributed by atoms with Crippen LogP contribution in [-0.4, -0.2) is 27.2 Å². The summed E-state index contributed by atoms with van der Waals surface area (Å²) in [6, 6.07) is 14.4. The number of rotatable bonds is 5. The Kier molecular flexibility index (Phi) is 3.55. The van der Waals surface area contributed by atoms with E-state index in [0.29, 0.717) is 18.9 Å². The fraction of sp³-hybridized carbons (Fsp3) is 0.125. The Morgan fingerprint density at radius 1 is 1.19 bits per heavy atom. The summed E-state index contributed by atoms with van der Waals surface area (Å²) in [6.45, 7) is 1.10. The third-order valence-corrected chi connectivity index (χ3v) is 3.21. The topological polar surface area (TPSA) is 64.3 Å². The molecule has 0 saturated heterocycles. The first kappa shape index (κ1) is 13.2. The number of hydrogen-bond donors (Lipinski definition) is 1. The Bertz CT molecular complexity index is 780. The zero-order chi connectivity index (χ0) is 14.7. The van der Waals surface area contributed by atoms with Crippen LogP contribution in [0.4, 0.5) is 0 Å². The lowest BCUT2D eigenvalue weighted by Gasteiger charge is -2.08. The lowest BCUT2D eigenvalue weighted by Crippen LogP contribution is -2.07. The summed E-state index contributed by atoms with van der Waals surface area (Å²) in [5.74, 6) is -0.402. The number of ether oxygens (including phenoxy) is 1. The zero-order valence-corrected chi connectivity index (χ0v) is 11.3. The number of benzene rings is 2. The highest BCUT2D eigenvalue weighted by Gasteiger charge is 2.04. The van der Waals surface area contributed by atoms with E-state index in [1.54, 1.807) is 24.5 Å². The number of carboxylic acids is 1. The predicted molar refractivity (Wildman–Crippen MR) is 78.6 cm³/mol. The van der Waals surface area contributed by atoms with Crippen molar-refractivity contribution in [3.63, 3.8) is 0 Å². The molecular weight excluding hydrogens is 268 g/mol. The number of carbonyl (C=O) groups is 1. The van der Waals surface area contributed by atoms with Crippen molar-refractivity contribution in [2.75, 3.05) is 6.61 Å². The molecule has 106 valence electrons. The van der Waals surface area contributed by atoms with Crippen LogP contribution in [0.2, 0.25) is 0 Å². The van der Waals surface area contributed by atoms with Gasteiger partial charge in [-0.05, 0) is 30.3 Å². The molecule has 0 aliphatic rings. The van der Waals surface area contributed by atoms with Crippen molar-refractivity contribution in [2.24, 2.45) is 0 Å². The molecular formula is C16H14N2O3. The van der Waals surface area contributed by atoms with Crippen LogP contribution in [-0.2, 0) is 6.54 Å². The molecule has 0 atom stereocenters. The summed E-state index contributed by atoms with van der Waals surface area (Å²) >= 11 is 0. The highest BCUT2D eigenvalue weighted by molar-refractivity contribution is 5.88. The summed E-state index contributed by atoms with van der Waals surface area (Å²) in [4.78, 5) is 15.2. The minimum atomic E-state index is -0.957. The third kappa shape index (κ3) is 2.86. The number of aromatic nitrogens is 2. The molecule has 5 nitrogen and oxygen atoms in total. The lowest BCUT2D eigenvalue weighted by molar-refractivity contribution is 0.0696. The molecule has 0 amide bonds. The van der Waals surface area contributed by atoms with Gasteiger partial charge < -0.3 is 14.4 Å². The number of nitrogens with zero attached hydrogens (tertiary/aromatic N) is 2. The second-order valence-corrected chi connectivity index (χ2v) is 4.61. The normalized spacial score (nSPS) is 10.7. The van der Waals surface area contributed by atoms with Crippen molar-refractivity contribution < 1.29 is 14.6 Å². The van der Waals surface area contributed by atoms with Crippen LogP contribution >= 0.6 is 0 Å². The Balaban J connectivity index is 1.66. The molecule has 1 heterocycles. The fourth-order valence-electron chi connectivity index (χ4n) is 2.17. The van der Waals surface area contributed by atoms with Crippen LogP contribution < -0.4 is 4.74 Å². The van der Waals surface area contributed by atoms with E-state index in [1.807, 2.05) is 28.8 Å². The summed E-state index contributed by atoms with van der Waals surface area (Å²) in [7, 11) is 0. The summed E-state index contributed by atoms with van der Waals surface area (Å²) in [5.41, 5.74) is 2.23. The van der Waals surface area contributed by atoms with E-state index in [2.05, 4.69) is 4.98 Å². The molecule has 0 radical (unpaired) electrons. The number of fused-ring (bicyclic) bond motifs is 1. The van der Waals surface area contributed by atoms with Gasteiger partial charge in [0.05, 0.1) is 29.5 Å². The van der Waals surface area contributed by atoms with Gasteiger partial charge >= 0.3 is 5.97 Å². The van der Waals surface area contributed by atoms with E-state index in [9.17, 15) is 4.79 Å². The summed E-state index contributed by atoms with van der Waals surface area (Å²) < 4.78 is 7.62.